The number of amides is 1. The van der Waals surface area contributed by atoms with E-state index >= 15 is 0 Å². The van der Waals surface area contributed by atoms with E-state index in [-0.39, 0.29) is 41.5 Å². The van der Waals surface area contributed by atoms with Crippen LogP contribution in [0.1, 0.15) is 33.4 Å². The standard InChI is InChI=1S/C18H29N5O.HI/c1-14(2)23-16(24)12-22(13-18(23,3)4)17(19-5)21-11-9-15-8-6-7-10-20-15;/h6-8,10,14H,9,11-13H2,1-5H3,(H,19,21);1H. The molecule has 6 nitrogen and oxygen atoms in total. The number of halogens is 1. The number of pyridine rings is 1. The third-order valence-corrected chi connectivity index (χ3v) is 4.24. The second-order valence-electron chi connectivity index (χ2n) is 7.07. The van der Waals surface area contributed by atoms with E-state index in [1.54, 1.807) is 13.2 Å². The van der Waals surface area contributed by atoms with E-state index in [0.29, 0.717) is 6.54 Å². The molecule has 1 aliphatic rings. The molecule has 1 aromatic rings. The summed E-state index contributed by atoms with van der Waals surface area (Å²) in [5, 5.41) is 3.36. The first-order chi connectivity index (χ1) is 11.3. The van der Waals surface area contributed by atoms with E-state index in [1.807, 2.05) is 28.0 Å². The molecule has 0 unspecified atom stereocenters. The highest BCUT2D eigenvalue weighted by molar-refractivity contribution is 14.0. The zero-order valence-corrected chi connectivity index (χ0v) is 18.2. The van der Waals surface area contributed by atoms with Gasteiger partial charge in [-0.05, 0) is 39.8 Å². The minimum atomic E-state index is -0.220. The number of carbonyl (C=O) groups is 1. The molecule has 1 fully saturated rings. The number of hydrogen-bond donors (Lipinski definition) is 1. The summed E-state index contributed by atoms with van der Waals surface area (Å²) in [6.07, 6.45) is 2.62. The normalized spacial score (nSPS) is 17.5. The predicted molar refractivity (Wildman–Crippen MR) is 112 cm³/mol. The van der Waals surface area contributed by atoms with Gasteiger partial charge in [-0.25, -0.2) is 0 Å². The van der Waals surface area contributed by atoms with Crippen LogP contribution < -0.4 is 5.32 Å². The van der Waals surface area contributed by atoms with Crippen molar-refractivity contribution < 1.29 is 4.79 Å². The Bertz CT molecular complexity index is 588. The summed E-state index contributed by atoms with van der Waals surface area (Å²) in [4.78, 5) is 25.3. The van der Waals surface area contributed by atoms with Crippen molar-refractivity contribution in [2.75, 3.05) is 26.7 Å². The lowest BCUT2D eigenvalue weighted by Gasteiger charge is -2.49. The van der Waals surface area contributed by atoms with Crippen LogP contribution in [-0.2, 0) is 11.2 Å². The van der Waals surface area contributed by atoms with Gasteiger partial charge in [0.1, 0.15) is 0 Å². The van der Waals surface area contributed by atoms with E-state index in [0.717, 1.165) is 31.2 Å². The summed E-state index contributed by atoms with van der Waals surface area (Å²) in [5.41, 5.74) is 0.823. The topological polar surface area (TPSA) is 60.8 Å². The maximum Gasteiger partial charge on any atom is 0.242 e. The lowest BCUT2D eigenvalue weighted by Crippen LogP contribution is -2.66. The van der Waals surface area contributed by atoms with Crippen LogP contribution in [-0.4, -0.2) is 64.9 Å². The van der Waals surface area contributed by atoms with Crippen LogP contribution in [0.2, 0.25) is 0 Å². The molecular formula is C18H30IN5O. The second-order valence-corrected chi connectivity index (χ2v) is 7.07. The number of carbonyl (C=O) groups excluding carboxylic acids is 1. The van der Waals surface area contributed by atoms with Gasteiger partial charge < -0.3 is 15.1 Å². The smallest absolute Gasteiger partial charge is 0.242 e. The van der Waals surface area contributed by atoms with Gasteiger partial charge in [-0.2, -0.15) is 0 Å². The molecule has 2 rings (SSSR count). The molecule has 25 heavy (non-hydrogen) atoms. The molecule has 1 N–H and O–H groups in total. The lowest BCUT2D eigenvalue weighted by atomic mass is 9.96. The summed E-state index contributed by atoms with van der Waals surface area (Å²) in [6.45, 7) is 10.2. The summed E-state index contributed by atoms with van der Waals surface area (Å²) in [7, 11) is 1.76. The van der Waals surface area contributed by atoms with Crippen LogP contribution in [0.5, 0.6) is 0 Å². The minimum Gasteiger partial charge on any atom is -0.356 e. The fraction of sp³-hybridized carbons (Fsp3) is 0.611. The molecule has 0 aromatic carbocycles. The van der Waals surface area contributed by atoms with Gasteiger partial charge in [0.05, 0.1) is 12.1 Å². The number of hydrogen-bond acceptors (Lipinski definition) is 3. The molecule has 0 aliphatic carbocycles. The van der Waals surface area contributed by atoms with Crippen LogP contribution in [0.15, 0.2) is 29.4 Å². The zero-order valence-electron chi connectivity index (χ0n) is 15.8. The van der Waals surface area contributed by atoms with E-state index < -0.39 is 0 Å². The molecule has 0 spiro atoms. The largest absolute Gasteiger partial charge is 0.356 e. The quantitative estimate of drug-likeness (QED) is 0.426. The van der Waals surface area contributed by atoms with Gasteiger partial charge in [-0.1, -0.05) is 6.07 Å². The Labute approximate surface area is 168 Å². The van der Waals surface area contributed by atoms with Crippen LogP contribution >= 0.6 is 24.0 Å². The molecule has 0 radical (unpaired) electrons. The average Bonchev–Trinajstić information content (AvgIpc) is 2.50. The summed E-state index contributed by atoms with van der Waals surface area (Å²) in [6, 6.07) is 6.12. The Hall–Kier alpha value is -1.38. The minimum absolute atomic E-state index is 0. The highest BCUT2D eigenvalue weighted by Crippen LogP contribution is 2.24. The molecular weight excluding hydrogens is 429 g/mol. The Kier molecular flexibility index (Phi) is 8.11. The lowest BCUT2D eigenvalue weighted by molar-refractivity contribution is -0.145. The average molecular weight is 459 g/mol. The van der Waals surface area contributed by atoms with Crippen molar-refractivity contribution in [1.29, 1.82) is 0 Å². The molecule has 1 aliphatic heterocycles. The number of nitrogens with zero attached hydrogens (tertiary/aromatic N) is 4. The van der Waals surface area contributed by atoms with E-state index in [1.165, 1.54) is 0 Å². The highest BCUT2D eigenvalue weighted by atomic mass is 127. The van der Waals surface area contributed by atoms with Crippen LogP contribution in [0.3, 0.4) is 0 Å². The fourth-order valence-electron chi connectivity index (χ4n) is 3.49. The van der Waals surface area contributed by atoms with Gasteiger partial charge in [0.25, 0.3) is 0 Å². The number of nitrogens with one attached hydrogen (secondary N) is 1. The number of guanidine groups is 1. The number of aliphatic imine (C=N–C) groups is 1. The molecule has 7 heteroatoms. The molecule has 0 saturated carbocycles. The molecule has 1 saturated heterocycles. The first kappa shape index (κ1) is 21.7. The highest BCUT2D eigenvalue weighted by Gasteiger charge is 2.40. The van der Waals surface area contributed by atoms with Crippen LogP contribution in [0.4, 0.5) is 0 Å². The van der Waals surface area contributed by atoms with Crippen molar-refractivity contribution in [2.24, 2.45) is 4.99 Å². The molecule has 1 amide bonds. The Balaban J connectivity index is 0.00000312. The van der Waals surface area contributed by atoms with Gasteiger partial charge >= 0.3 is 0 Å². The van der Waals surface area contributed by atoms with Gasteiger partial charge in [-0.3, -0.25) is 14.8 Å². The fourth-order valence-corrected chi connectivity index (χ4v) is 3.49. The van der Waals surface area contributed by atoms with Gasteiger partial charge in [-0.15, -0.1) is 24.0 Å². The van der Waals surface area contributed by atoms with Crippen molar-refractivity contribution in [2.45, 2.75) is 45.7 Å². The van der Waals surface area contributed by atoms with Crippen molar-refractivity contribution in [1.82, 2.24) is 20.1 Å². The van der Waals surface area contributed by atoms with E-state index in [9.17, 15) is 4.79 Å². The Morgan fingerprint density at radius 3 is 2.64 bits per heavy atom. The second kappa shape index (κ2) is 9.35. The summed E-state index contributed by atoms with van der Waals surface area (Å²) >= 11 is 0. The first-order valence-electron chi connectivity index (χ1n) is 8.53. The molecule has 140 valence electrons. The monoisotopic (exact) mass is 459 g/mol. The molecule has 1 aromatic heterocycles. The Morgan fingerprint density at radius 1 is 1.40 bits per heavy atom. The molecule has 2 heterocycles. The first-order valence-corrected chi connectivity index (χ1v) is 8.53. The van der Waals surface area contributed by atoms with Crippen molar-refractivity contribution in [3.05, 3.63) is 30.1 Å². The van der Waals surface area contributed by atoms with Gasteiger partial charge in [0, 0.05) is 44.5 Å². The van der Waals surface area contributed by atoms with Crippen LogP contribution in [0, 0.1) is 0 Å². The molecule has 0 atom stereocenters. The summed E-state index contributed by atoms with van der Waals surface area (Å²) in [5.74, 6) is 0.921. The predicted octanol–water partition coefficient (Wildman–Crippen LogP) is 2.15. The number of rotatable bonds is 4. The SMILES string of the molecule is CN=C(NCCc1ccccn1)N1CC(=O)N(C(C)C)C(C)(C)C1.I. The molecule has 0 bridgehead atoms. The van der Waals surface area contributed by atoms with Gasteiger partial charge in [0.15, 0.2) is 5.96 Å². The zero-order chi connectivity index (χ0) is 17.7. The van der Waals surface area contributed by atoms with Crippen molar-refractivity contribution >= 4 is 35.8 Å². The van der Waals surface area contributed by atoms with Crippen molar-refractivity contribution in [3.8, 4) is 0 Å². The maximum absolute atomic E-state index is 12.6. The van der Waals surface area contributed by atoms with E-state index in [2.05, 4.69) is 43.0 Å². The van der Waals surface area contributed by atoms with Crippen LogP contribution in [0.25, 0.3) is 0 Å². The van der Waals surface area contributed by atoms with Gasteiger partial charge in [0.2, 0.25) is 5.91 Å². The number of aromatic nitrogens is 1. The third-order valence-electron chi connectivity index (χ3n) is 4.24. The van der Waals surface area contributed by atoms with E-state index in [4.69, 9.17) is 0 Å². The third kappa shape index (κ3) is 5.55. The van der Waals surface area contributed by atoms with Crippen molar-refractivity contribution in [3.63, 3.8) is 0 Å². The summed E-state index contributed by atoms with van der Waals surface area (Å²) < 4.78 is 0. The maximum atomic E-state index is 12.6. The number of piperazine rings is 1. The Morgan fingerprint density at radius 2 is 2.12 bits per heavy atom.